The molecule has 10 rings (SSSR count). The molecular weight excluding hydrogens is 581 g/mol. The molecule has 214 valence electrons. The van der Waals surface area contributed by atoms with Gasteiger partial charge in [-0.2, -0.15) is 9.97 Å². The van der Waals surface area contributed by atoms with Gasteiger partial charge < -0.3 is 0 Å². The van der Waals surface area contributed by atoms with Crippen molar-refractivity contribution in [2.24, 2.45) is 0 Å². The lowest BCUT2D eigenvalue weighted by Gasteiger charge is -2.32. The first-order valence-electron chi connectivity index (χ1n) is 17.5. The maximum Gasteiger partial charge on any atom is 0.238 e. The van der Waals surface area contributed by atoms with Crippen LogP contribution in [0.3, 0.4) is 0 Å². The maximum absolute atomic E-state index is 8.85. The largest absolute Gasteiger partial charge is 0.278 e. The topological polar surface area (TPSA) is 41.9 Å². The second kappa shape index (κ2) is 9.80. The van der Waals surface area contributed by atoms with Gasteiger partial charge in [0.25, 0.3) is 0 Å². The molecule has 9 aromatic rings. The minimum atomic E-state index is -0.474. The summed E-state index contributed by atoms with van der Waals surface area (Å²) in [5.74, 6) is 0.596. The summed E-state index contributed by atoms with van der Waals surface area (Å²) in [6, 6.07) is 37.2. The minimum absolute atomic E-state index is 0.00403. The number of anilines is 3. The Kier molecular flexibility index (Phi) is 4.46. The molecule has 4 nitrogen and oxygen atoms in total. The summed E-state index contributed by atoms with van der Waals surface area (Å²) in [4.78, 5) is 17.0. The fraction of sp³-hybridized carbons (Fsp3) is 0. The normalized spacial score (nSPS) is 13.8. The van der Waals surface area contributed by atoms with E-state index < -0.39 is 18.1 Å². The summed E-state index contributed by atoms with van der Waals surface area (Å²) in [6.45, 7) is 0. The van der Waals surface area contributed by atoms with Gasteiger partial charge in [0.2, 0.25) is 5.95 Å². The van der Waals surface area contributed by atoms with Crippen LogP contribution in [0.2, 0.25) is 0 Å². The summed E-state index contributed by atoms with van der Waals surface area (Å²) in [6.07, 6.45) is 0. The third-order valence-corrected chi connectivity index (χ3v) is 9.85. The van der Waals surface area contributed by atoms with Crippen molar-refractivity contribution in [3.8, 4) is 33.9 Å². The number of nitrogens with zero attached hydrogens (tertiary/aromatic N) is 4. The van der Waals surface area contributed by atoms with Crippen molar-refractivity contribution < 1.29 is 6.85 Å². The monoisotopic (exact) mass is 609 g/mol. The first-order chi connectivity index (χ1) is 24.9. The van der Waals surface area contributed by atoms with E-state index in [1.54, 1.807) is 11.3 Å². The molecule has 0 radical (unpaired) electrons. The summed E-state index contributed by atoms with van der Waals surface area (Å²) < 4.78 is 45.1. The van der Waals surface area contributed by atoms with E-state index in [4.69, 9.17) is 21.8 Å². The quantitative estimate of drug-likeness (QED) is 0.200. The number of rotatable bonds is 3. The molecule has 0 aliphatic carbocycles. The Hall–Kier alpha value is -5.91. The van der Waals surface area contributed by atoms with Crippen LogP contribution in [0.4, 0.5) is 17.3 Å². The number of benzene rings is 7. The molecule has 2 aromatic heterocycles. The van der Waals surface area contributed by atoms with Crippen molar-refractivity contribution in [1.29, 1.82) is 0 Å². The van der Waals surface area contributed by atoms with Crippen molar-refractivity contribution >= 4 is 70.4 Å². The van der Waals surface area contributed by atoms with Gasteiger partial charge in [-0.3, -0.25) is 4.90 Å². The molecule has 0 spiro atoms. The molecule has 0 fully saturated rings. The maximum atomic E-state index is 8.85. The minimum Gasteiger partial charge on any atom is -0.278 e. The molecule has 0 amide bonds. The Bertz CT molecular complexity index is 2930. The second-order valence-corrected chi connectivity index (χ2v) is 12.4. The van der Waals surface area contributed by atoms with Crippen molar-refractivity contribution in [3.63, 3.8) is 0 Å². The zero-order valence-corrected chi connectivity index (χ0v) is 25.0. The molecule has 1 aliphatic rings. The van der Waals surface area contributed by atoms with Crippen LogP contribution >= 0.6 is 11.3 Å². The van der Waals surface area contributed by atoms with Gasteiger partial charge in [-0.25, -0.2) is 4.98 Å². The zero-order chi connectivity index (χ0) is 34.5. The van der Waals surface area contributed by atoms with E-state index in [1.165, 1.54) is 4.70 Å². The predicted octanol–water partition coefficient (Wildman–Crippen LogP) is 11.3. The second-order valence-electron chi connectivity index (χ2n) is 11.3. The van der Waals surface area contributed by atoms with Gasteiger partial charge in [0, 0.05) is 42.2 Å². The highest BCUT2D eigenvalue weighted by Gasteiger charge is 2.29. The van der Waals surface area contributed by atoms with Gasteiger partial charge >= 0.3 is 0 Å². The average molecular weight is 610 g/mol. The number of aromatic nitrogens is 3. The number of hydrogen-bond donors (Lipinski definition) is 0. The Morgan fingerprint density at radius 3 is 2.11 bits per heavy atom. The molecule has 0 saturated heterocycles. The lowest BCUT2D eigenvalue weighted by Crippen LogP contribution is -2.18. The van der Waals surface area contributed by atoms with E-state index in [1.807, 2.05) is 47.4 Å². The molecular formula is C41H24N4S. The van der Waals surface area contributed by atoms with Crippen LogP contribution in [0.15, 0.2) is 145 Å². The van der Waals surface area contributed by atoms with Gasteiger partial charge in [0.1, 0.15) is 0 Å². The van der Waals surface area contributed by atoms with Crippen LogP contribution in [0.1, 0.15) is 6.85 Å². The summed E-state index contributed by atoms with van der Waals surface area (Å²) in [7, 11) is 0. The highest BCUT2D eigenvalue weighted by atomic mass is 32.1. The van der Waals surface area contributed by atoms with Crippen LogP contribution in [-0.4, -0.2) is 15.0 Å². The fourth-order valence-corrected chi connectivity index (χ4v) is 7.73. The van der Waals surface area contributed by atoms with Crippen LogP contribution in [0.25, 0.3) is 75.6 Å². The Balaban J connectivity index is 1.30. The van der Waals surface area contributed by atoms with Gasteiger partial charge in [0.05, 0.1) is 18.2 Å². The molecule has 5 heteroatoms. The molecule has 0 unspecified atom stereocenters. The highest BCUT2D eigenvalue weighted by molar-refractivity contribution is 7.25. The standard InChI is InChI=1S/C41H24N4S/c1-2-10-26(11-3-1)39-42-40(29-20-21-37-33(23-29)30-16-6-7-19-36(30)46-37)44-41(43-39)45-34-18-9-15-25-14-8-17-31(38(25)34)32-22-27-12-4-5-13-28(27)24-35(32)45/h1-24H/i1D,2D,3D,10D,11D. The summed E-state index contributed by atoms with van der Waals surface area (Å²) >= 11 is 1.71. The van der Waals surface area contributed by atoms with Gasteiger partial charge in [-0.05, 0) is 64.2 Å². The lowest BCUT2D eigenvalue weighted by atomic mass is 9.90. The molecule has 0 atom stereocenters. The van der Waals surface area contributed by atoms with Crippen molar-refractivity contribution in [3.05, 3.63) is 145 Å². The predicted molar refractivity (Wildman–Crippen MR) is 192 cm³/mol. The third-order valence-electron chi connectivity index (χ3n) is 8.70. The highest BCUT2D eigenvalue weighted by Crippen LogP contribution is 2.51. The smallest absolute Gasteiger partial charge is 0.238 e. The Morgan fingerprint density at radius 1 is 0.522 bits per heavy atom. The molecule has 0 bridgehead atoms. The molecule has 0 saturated carbocycles. The Morgan fingerprint density at radius 2 is 1.24 bits per heavy atom. The molecule has 1 aliphatic heterocycles. The van der Waals surface area contributed by atoms with Gasteiger partial charge in [-0.15, -0.1) is 11.3 Å². The van der Waals surface area contributed by atoms with E-state index >= 15 is 0 Å². The lowest BCUT2D eigenvalue weighted by molar-refractivity contribution is 1.02. The van der Waals surface area contributed by atoms with E-state index in [-0.39, 0.29) is 29.4 Å². The fourth-order valence-electron chi connectivity index (χ4n) is 6.64. The number of thiophene rings is 1. The van der Waals surface area contributed by atoms with Gasteiger partial charge in [-0.1, -0.05) is 103 Å². The third kappa shape index (κ3) is 3.82. The number of fused-ring (bicyclic) bond motifs is 6. The average Bonchev–Trinajstić information content (AvgIpc) is 3.54. The van der Waals surface area contributed by atoms with Gasteiger partial charge in [0.15, 0.2) is 11.6 Å². The van der Waals surface area contributed by atoms with Crippen LogP contribution in [0, 0.1) is 0 Å². The summed E-state index contributed by atoms with van der Waals surface area (Å²) in [5, 5.41) is 6.43. The molecule has 46 heavy (non-hydrogen) atoms. The molecule has 7 aromatic carbocycles. The van der Waals surface area contributed by atoms with Crippen molar-refractivity contribution in [2.45, 2.75) is 0 Å². The first-order valence-corrected chi connectivity index (χ1v) is 15.8. The van der Waals surface area contributed by atoms with E-state index in [0.717, 1.165) is 65.1 Å². The van der Waals surface area contributed by atoms with Crippen LogP contribution < -0.4 is 4.90 Å². The van der Waals surface area contributed by atoms with E-state index in [2.05, 4.69) is 72.8 Å². The summed E-state index contributed by atoms with van der Waals surface area (Å²) in [5.41, 5.74) is 4.48. The zero-order valence-electron chi connectivity index (χ0n) is 29.2. The SMILES string of the molecule is [2H]c1c([2H])c([2H])c(-c2nc(-c3ccc4sc5ccccc5c4c3)nc(N3c4cc5ccccc5cc4-c4cccc5cccc3c45)n2)c([2H])c1[2H]. The number of hydrogen-bond acceptors (Lipinski definition) is 5. The first kappa shape index (κ1) is 20.9. The van der Waals surface area contributed by atoms with Crippen molar-refractivity contribution in [1.82, 2.24) is 15.0 Å². The van der Waals surface area contributed by atoms with E-state index in [9.17, 15) is 0 Å². The van der Waals surface area contributed by atoms with Crippen molar-refractivity contribution in [2.75, 3.05) is 4.90 Å². The van der Waals surface area contributed by atoms with E-state index in [0.29, 0.717) is 5.82 Å². The molecule has 3 heterocycles. The van der Waals surface area contributed by atoms with Crippen LogP contribution in [-0.2, 0) is 0 Å². The molecule has 0 N–H and O–H groups in total. The Labute approximate surface area is 275 Å². The van der Waals surface area contributed by atoms with Crippen LogP contribution in [0.5, 0.6) is 0 Å².